The van der Waals surface area contributed by atoms with Gasteiger partial charge in [-0.15, -0.1) is 0 Å². The van der Waals surface area contributed by atoms with Crippen LogP contribution in [0.3, 0.4) is 0 Å². The quantitative estimate of drug-likeness (QED) is 0.0263. The van der Waals surface area contributed by atoms with Gasteiger partial charge < -0.3 is 14.2 Å². The molecule has 0 aromatic heterocycles. The molecule has 0 aliphatic heterocycles. The van der Waals surface area contributed by atoms with Crippen molar-refractivity contribution in [2.24, 2.45) is 0 Å². The van der Waals surface area contributed by atoms with Crippen molar-refractivity contribution in [3.8, 4) is 0 Å². The summed E-state index contributed by atoms with van der Waals surface area (Å²) in [4.78, 5) is 37.9. The van der Waals surface area contributed by atoms with Crippen LogP contribution >= 0.6 is 0 Å². The molecule has 0 bridgehead atoms. The lowest BCUT2D eigenvalue weighted by Crippen LogP contribution is -2.30. The molecule has 6 heteroatoms. The molecule has 63 heavy (non-hydrogen) atoms. The van der Waals surface area contributed by atoms with Gasteiger partial charge >= 0.3 is 17.9 Å². The average molecular weight is 871 g/mol. The van der Waals surface area contributed by atoms with Gasteiger partial charge in [-0.05, 0) is 128 Å². The van der Waals surface area contributed by atoms with Crippen molar-refractivity contribution in [2.75, 3.05) is 13.2 Å². The number of rotatable bonds is 43. The Bertz CT molecular complexity index is 1370. The normalized spacial score (nSPS) is 13.1. The molecule has 354 valence electrons. The zero-order valence-electron chi connectivity index (χ0n) is 40.3. The predicted molar refractivity (Wildman–Crippen MR) is 269 cm³/mol. The maximum atomic E-state index is 12.8. The molecule has 1 atom stereocenters. The summed E-state index contributed by atoms with van der Waals surface area (Å²) in [6.45, 7) is 6.27. The highest BCUT2D eigenvalue weighted by Gasteiger charge is 2.19. The van der Waals surface area contributed by atoms with Crippen LogP contribution in [-0.4, -0.2) is 37.2 Å². The molecule has 0 unspecified atom stereocenters. The van der Waals surface area contributed by atoms with Gasteiger partial charge in [0.05, 0.1) is 0 Å². The molecule has 0 spiro atoms. The molecule has 0 N–H and O–H groups in total. The minimum absolute atomic E-state index is 0.119. The Morgan fingerprint density at radius 2 is 0.619 bits per heavy atom. The van der Waals surface area contributed by atoms with Gasteiger partial charge in [0.2, 0.25) is 0 Å². The first-order valence-corrected chi connectivity index (χ1v) is 25.0. The smallest absolute Gasteiger partial charge is 0.306 e. The van der Waals surface area contributed by atoms with Crippen LogP contribution in [0, 0.1) is 0 Å². The van der Waals surface area contributed by atoms with E-state index in [0.29, 0.717) is 19.3 Å². The summed E-state index contributed by atoms with van der Waals surface area (Å²) in [5.74, 6) is -1.03. The van der Waals surface area contributed by atoms with Gasteiger partial charge in [0, 0.05) is 19.3 Å². The lowest BCUT2D eigenvalue weighted by molar-refractivity contribution is -0.167. The zero-order valence-corrected chi connectivity index (χ0v) is 40.3. The molecule has 0 aliphatic rings. The van der Waals surface area contributed by atoms with E-state index in [-0.39, 0.29) is 44.0 Å². The summed E-state index contributed by atoms with van der Waals surface area (Å²) in [5, 5.41) is 0. The molecule has 0 radical (unpaired) electrons. The Kier molecular flexibility index (Phi) is 47.1. The summed E-state index contributed by atoms with van der Waals surface area (Å²) < 4.78 is 16.7. The molecule has 0 aliphatic carbocycles. The van der Waals surface area contributed by atoms with Crippen molar-refractivity contribution in [3.63, 3.8) is 0 Å². The van der Waals surface area contributed by atoms with E-state index in [4.69, 9.17) is 14.2 Å². The minimum Gasteiger partial charge on any atom is -0.462 e. The molecule has 0 fully saturated rings. The van der Waals surface area contributed by atoms with Crippen molar-refractivity contribution in [2.45, 2.75) is 207 Å². The first-order chi connectivity index (χ1) is 31.0. The lowest BCUT2D eigenvalue weighted by atomic mass is 10.1. The van der Waals surface area contributed by atoms with Crippen LogP contribution in [-0.2, 0) is 28.6 Å². The van der Waals surface area contributed by atoms with Crippen LogP contribution in [0.1, 0.15) is 201 Å². The Morgan fingerprint density at radius 3 is 1.00 bits per heavy atom. The number of carbonyl (C=O) groups is 3. The van der Waals surface area contributed by atoms with E-state index in [1.807, 2.05) is 0 Å². The van der Waals surface area contributed by atoms with Crippen molar-refractivity contribution in [1.82, 2.24) is 0 Å². The fraction of sp³-hybridized carbons (Fsp3) is 0.596. The number of ether oxygens (including phenoxy) is 3. The number of carbonyl (C=O) groups excluding carboxylic acids is 3. The van der Waals surface area contributed by atoms with Gasteiger partial charge in [-0.3, -0.25) is 14.4 Å². The van der Waals surface area contributed by atoms with Gasteiger partial charge in [0.15, 0.2) is 6.10 Å². The average Bonchev–Trinajstić information content (AvgIpc) is 3.28. The highest BCUT2D eigenvalue weighted by atomic mass is 16.6. The second kappa shape index (κ2) is 50.5. The summed E-state index contributed by atoms with van der Waals surface area (Å²) in [7, 11) is 0. The summed E-state index contributed by atoms with van der Waals surface area (Å²) in [6, 6.07) is 0. The Hall–Kier alpha value is -4.19. The molecular formula is C57H90O6. The number of esters is 3. The number of hydrogen-bond donors (Lipinski definition) is 0. The molecule has 0 aromatic carbocycles. The molecule has 0 saturated heterocycles. The molecule has 0 aromatic rings. The van der Waals surface area contributed by atoms with E-state index >= 15 is 0 Å². The second-order valence-electron chi connectivity index (χ2n) is 16.0. The largest absolute Gasteiger partial charge is 0.462 e. The van der Waals surface area contributed by atoms with Crippen LogP contribution < -0.4 is 0 Å². The summed E-state index contributed by atoms with van der Waals surface area (Å²) in [5.41, 5.74) is 0. The van der Waals surface area contributed by atoms with Crippen molar-refractivity contribution < 1.29 is 28.6 Å². The molecule has 0 amide bonds. The van der Waals surface area contributed by atoms with Crippen molar-refractivity contribution >= 4 is 17.9 Å². The van der Waals surface area contributed by atoms with E-state index in [1.54, 1.807) is 0 Å². The summed E-state index contributed by atoms with van der Waals surface area (Å²) >= 11 is 0. The number of allylic oxidation sites excluding steroid dienone is 20. The molecular weight excluding hydrogens is 781 g/mol. The first kappa shape index (κ1) is 58.8. The molecule has 6 nitrogen and oxygen atoms in total. The fourth-order valence-electron chi connectivity index (χ4n) is 6.22. The van der Waals surface area contributed by atoms with Gasteiger partial charge in [-0.2, -0.15) is 0 Å². The van der Waals surface area contributed by atoms with E-state index in [0.717, 1.165) is 122 Å². The SMILES string of the molecule is CC/C=C\C/C=C\C/C=C\C/C=C\CCCCC(=O)OC[C@H](COC(=O)CCCCCCC/C=C\C/C=C\C/C=C\CC)OC(=O)CCCC/C=C\C/C=C\C/C=C\CCCCC. The third-order valence-electron chi connectivity index (χ3n) is 9.93. The number of hydrogen-bond acceptors (Lipinski definition) is 6. The van der Waals surface area contributed by atoms with Gasteiger partial charge in [-0.25, -0.2) is 0 Å². The third kappa shape index (κ3) is 48.7. The van der Waals surface area contributed by atoms with Gasteiger partial charge in [0.1, 0.15) is 13.2 Å². The standard InChI is InChI=1S/C57H90O6/c1-4-7-10-13-16-19-22-25-28-31-34-37-40-43-46-49-55(58)61-52-54(63-57(60)51-48-45-42-39-36-33-30-27-24-21-18-15-12-9-6-3)53-62-56(59)50-47-44-41-38-35-32-29-26-23-20-17-14-11-8-5-2/h7-8,10-11,16-21,25-30,34,36-37,39,54H,4-6,9,12-15,22-24,31-33,35,38,40-53H2,1-3H3/b10-7-,11-8-,19-16-,20-17-,21-18-,28-25-,29-26-,30-27-,37-34-,39-36-/t54-/m1/s1. The highest BCUT2D eigenvalue weighted by molar-refractivity contribution is 5.71. The molecule has 0 heterocycles. The van der Waals surface area contributed by atoms with Gasteiger partial charge in [-0.1, -0.05) is 174 Å². The highest BCUT2D eigenvalue weighted by Crippen LogP contribution is 2.11. The van der Waals surface area contributed by atoms with Crippen molar-refractivity contribution in [1.29, 1.82) is 0 Å². The summed E-state index contributed by atoms with van der Waals surface area (Å²) in [6.07, 6.45) is 69.0. The predicted octanol–water partition coefficient (Wildman–Crippen LogP) is 16.5. The van der Waals surface area contributed by atoms with E-state index in [9.17, 15) is 14.4 Å². The Balaban J connectivity index is 4.57. The minimum atomic E-state index is -0.825. The van der Waals surface area contributed by atoms with Crippen LogP contribution in [0.5, 0.6) is 0 Å². The second-order valence-corrected chi connectivity index (χ2v) is 16.0. The van der Waals surface area contributed by atoms with Crippen LogP contribution in [0.4, 0.5) is 0 Å². The monoisotopic (exact) mass is 871 g/mol. The van der Waals surface area contributed by atoms with E-state index in [1.165, 1.54) is 25.7 Å². The third-order valence-corrected chi connectivity index (χ3v) is 9.93. The van der Waals surface area contributed by atoms with Crippen molar-refractivity contribution in [3.05, 3.63) is 122 Å². The maximum Gasteiger partial charge on any atom is 0.306 e. The lowest BCUT2D eigenvalue weighted by Gasteiger charge is -2.18. The first-order valence-electron chi connectivity index (χ1n) is 25.0. The molecule has 0 rings (SSSR count). The van der Waals surface area contributed by atoms with E-state index in [2.05, 4.69) is 142 Å². The van der Waals surface area contributed by atoms with Crippen LogP contribution in [0.25, 0.3) is 0 Å². The maximum absolute atomic E-state index is 12.8. The van der Waals surface area contributed by atoms with Crippen LogP contribution in [0.15, 0.2) is 122 Å². The van der Waals surface area contributed by atoms with Gasteiger partial charge in [0.25, 0.3) is 0 Å². The topological polar surface area (TPSA) is 78.9 Å². The van der Waals surface area contributed by atoms with E-state index < -0.39 is 6.10 Å². The Labute approximate surface area is 386 Å². The number of unbranched alkanes of at least 4 members (excludes halogenated alkanes) is 12. The Morgan fingerprint density at radius 1 is 0.333 bits per heavy atom. The zero-order chi connectivity index (χ0) is 45.8. The fourth-order valence-corrected chi connectivity index (χ4v) is 6.22. The van der Waals surface area contributed by atoms with Crippen LogP contribution in [0.2, 0.25) is 0 Å². The molecule has 0 saturated carbocycles.